The van der Waals surface area contributed by atoms with Crippen LogP contribution in [-0.4, -0.2) is 10.9 Å². The molecule has 8 heteroatoms. The lowest BCUT2D eigenvalue weighted by Crippen LogP contribution is -2.22. The van der Waals surface area contributed by atoms with Crippen LogP contribution in [0.2, 0.25) is 0 Å². The topological polar surface area (TPSA) is 42.0 Å². The van der Waals surface area contributed by atoms with Gasteiger partial charge in [0.25, 0.3) is 5.91 Å². The molecule has 1 aromatic carbocycles. The summed E-state index contributed by atoms with van der Waals surface area (Å²) >= 11 is 2.85. The molecule has 0 radical (unpaired) electrons. The molecule has 0 aliphatic rings. The highest BCUT2D eigenvalue weighted by Gasteiger charge is 2.29. The minimum atomic E-state index is -4.36. The summed E-state index contributed by atoms with van der Waals surface area (Å²) in [7, 11) is 0. The second kappa shape index (κ2) is 6.97. The van der Waals surface area contributed by atoms with Crippen LogP contribution in [0.4, 0.5) is 13.2 Å². The van der Waals surface area contributed by atoms with Crippen LogP contribution in [0, 0.1) is 6.92 Å². The first kappa shape index (κ1) is 17.6. The molecule has 0 fully saturated rings. The van der Waals surface area contributed by atoms with Crippen molar-refractivity contribution in [3.63, 3.8) is 0 Å². The van der Waals surface area contributed by atoms with Crippen molar-refractivity contribution in [2.75, 3.05) is 0 Å². The van der Waals surface area contributed by atoms with Gasteiger partial charge in [0, 0.05) is 6.54 Å². The molecule has 3 nitrogen and oxygen atoms in total. The van der Waals surface area contributed by atoms with Crippen LogP contribution in [0.1, 0.15) is 26.5 Å². The molecular formula is C17H13F3N2OS2. The molecule has 0 atom stereocenters. The highest BCUT2D eigenvalue weighted by Crippen LogP contribution is 2.31. The zero-order chi connectivity index (χ0) is 18.0. The van der Waals surface area contributed by atoms with Gasteiger partial charge in [-0.3, -0.25) is 4.79 Å². The van der Waals surface area contributed by atoms with Crippen LogP contribution >= 0.6 is 22.7 Å². The Morgan fingerprint density at radius 1 is 1.20 bits per heavy atom. The summed E-state index contributed by atoms with van der Waals surface area (Å²) in [6.07, 6.45) is -4.36. The van der Waals surface area contributed by atoms with Crippen molar-refractivity contribution in [1.82, 2.24) is 10.3 Å². The van der Waals surface area contributed by atoms with Crippen molar-refractivity contribution in [2.24, 2.45) is 0 Å². The molecule has 0 bridgehead atoms. The summed E-state index contributed by atoms with van der Waals surface area (Å²) in [5.74, 6) is -0.280. The minimum Gasteiger partial charge on any atom is -0.347 e. The van der Waals surface area contributed by atoms with Crippen LogP contribution in [0.15, 0.2) is 41.8 Å². The molecule has 0 saturated carbocycles. The summed E-state index contributed by atoms with van der Waals surface area (Å²) in [5.41, 5.74) is 0.529. The van der Waals surface area contributed by atoms with E-state index in [0.717, 1.165) is 22.0 Å². The van der Waals surface area contributed by atoms with Gasteiger partial charge >= 0.3 is 6.18 Å². The number of thiazole rings is 1. The number of carbonyl (C=O) groups excluding carboxylic acids is 1. The summed E-state index contributed by atoms with van der Waals surface area (Å²) in [6.45, 7) is 1.92. The molecule has 0 saturated heterocycles. The monoisotopic (exact) mass is 382 g/mol. The molecule has 3 rings (SSSR count). The maximum atomic E-state index is 12.5. The van der Waals surface area contributed by atoms with E-state index in [-0.39, 0.29) is 12.5 Å². The Balaban J connectivity index is 1.67. The van der Waals surface area contributed by atoms with Gasteiger partial charge in [-0.2, -0.15) is 13.2 Å². The lowest BCUT2D eigenvalue weighted by molar-refractivity contribution is -0.137. The van der Waals surface area contributed by atoms with Crippen LogP contribution in [-0.2, 0) is 12.7 Å². The van der Waals surface area contributed by atoms with E-state index in [0.29, 0.717) is 16.1 Å². The highest BCUT2D eigenvalue weighted by molar-refractivity contribution is 7.22. The lowest BCUT2D eigenvalue weighted by Gasteiger charge is -2.08. The van der Waals surface area contributed by atoms with E-state index in [4.69, 9.17) is 0 Å². The molecule has 2 heterocycles. The number of aryl methyl sites for hydroxylation is 1. The van der Waals surface area contributed by atoms with Crippen molar-refractivity contribution < 1.29 is 18.0 Å². The first-order valence-electron chi connectivity index (χ1n) is 7.30. The SMILES string of the molecule is Cc1nc(-c2cccs2)sc1C(=O)NCc1ccc(C(F)(F)F)cc1. The fraction of sp³-hybridized carbons (Fsp3) is 0.176. The zero-order valence-corrected chi connectivity index (χ0v) is 14.7. The van der Waals surface area contributed by atoms with Gasteiger partial charge in [-0.05, 0) is 36.1 Å². The number of nitrogens with one attached hydrogen (secondary N) is 1. The van der Waals surface area contributed by atoms with E-state index in [1.165, 1.54) is 23.5 Å². The van der Waals surface area contributed by atoms with Gasteiger partial charge in [0.15, 0.2) is 0 Å². The fourth-order valence-corrected chi connectivity index (χ4v) is 3.97. The molecular weight excluding hydrogens is 369 g/mol. The standard InChI is InChI=1S/C17H13F3N2OS2/c1-10-14(25-16(22-10)13-3-2-8-24-13)15(23)21-9-11-4-6-12(7-5-11)17(18,19)20/h2-8H,9H2,1H3,(H,21,23). The largest absolute Gasteiger partial charge is 0.416 e. The van der Waals surface area contributed by atoms with Gasteiger partial charge in [-0.1, -0.05) is 18.2 Å². The average molecular weight is 382 g/mol. The van der Waals surface area contributed by atoms with Gasteiger partial charge in [-0.25, -0.2) is 4.98 Å². The van der Waals surface area contributed by atoms with Crippen molar-refractivity contribution >= 4 is 28.6 Å². The van der Waals surface area contributed by atoms with Crippen molar-refractivity contribution in [2.45, 2.75) is 19.6 Å². The van der Waals surface area contributed by atoms with Crippen molar-refractivity contribution in [3.8, 4) is 9.88 Å². The van der Waals surface area contributed by atoms with Crippen molar-refractivity contribution in [3.05, 3.63) is 63.5 Å². The molecule has 0 unspecified atom stereocenters. The molecule has 0 spiro atoms. The first-order valence-corrected chi connectivity index (χ1v) is 9.00. The van der Waals surface area contributed by atoms with E-state index in [9.17, 15) is 18.0 Å². The number of halogens is 3. The number of carbonyl (C=O) groups is 1. The van der Waals surface area contributed by atoms with Crippen LogP contribution in [0.25, 0.3) is 9.88 Å². The van der Waals surface area contributed by atoms with E-state index in [1.807, 2.05) is 17.5 Å². The Morgan fingerprint density at radius 2 is 1.92 bits per heavy atom. The summed E-state index contributed by atoms with van der Waals surface area (Å²) in [4.78, 5) is 18.2. The second-order valence-electron chi connectivity index (χ2n) is 5.29. The summed E-state index contributed by atoms with van der Waals surface area (Å²) in [5, 5.41) is 5.45. The van der Waals surface area contributed by atoms with Gasteiger partial charge in [0.2, 0.25) is 0 Å². The normalized spacial score (nSPS) is 11.5. The van der Waals surface area contributed by atoms with Crippen LogP contribution < -0.4 is 5.32 Å². The van der Waals surface area contributed by atoms with Crippen molar-refractivity contribution in [1.29, 1.82) is 0 Å². The number of hydrogen-bond donors (Lipinski definition) is 1. The molecule has 0 aliphatic heterocycles. The number of aromatic nitrogens is 1. The van der Waals surface area contributed by atoms with E-state index >= 15 is 0 Å². The molecule has 3 aromatic rings. The predicted octanol–water partition coefficient (Wildman–Crippen LogP) is 5.13. The van der Waals surface area contributed by atoms with Crippen LogP contribution in [0.5, 0.6) is 0 Å². The molecule has 1 amide bonds. The number of nitrogens with zero attached hydrogens (tertiary/aromatic N) is 1. The number of hydrogen-bond acceptors (Lipinski definition) is 4. The van der Waals surface area contributed by atoms with Gasteiger partial charge in [0.1, 0.15) is 9.88 Å². The minimum absolute atomic E-state index is 0.155. The Bertz CT molecular complexity index is 868. The number of thiophene rings is 1. The van der Waals surface area contributed by atoms with Gasteiger partial charge in [-0.15, -0.1) is 22.7 Å². The maximum absolute atomic E-state index is 12.5. The summed E-state index contributed by atoms with van der Waals surface area (Å²) in [6, 6.07) is 8.59. The maximum Gasteiger partial charge on any atom is 0.416 e. The Kier molecular flexibility index (Phi) is 4.91. The summed E-state index contributed by atoms with van der Waals surface area (Å²) < 4.78 is 37.6. The third-order valence-corrected chi connectivity index (χ3v) is 5.66. The third kappa shape index (κ3) is 4.08. The van der Waals surface area contributed by atoms with Gasteiger partial charge < -0.3 is 5.32 Å². The molecule has 1 N–H and O–H groups in total. The number of alkyl halides is 3. The predicted molar refractivity (Wildman–Crippen MR) is 92.8 cm³/mol. The number of rotatable bonds is 4. The molecule has 2 aromatic heterocycles. The van der Waals surface area contributed by atoms with Crippen LogP contribution in [0.3, 0.4) is 0 Å². The first-order chi connectivity index (χ1) is 11.8. The Morgan fingerprint density at radius 3 is 2.52 bits per heavy atom. The quantitative estimate of drug-likeness (QED) is 0.680. The second-order valence-corrected chi connectivity index (χ2v) is 7.23. The number of benzene rings is 1. The average Bonchev–Trinajstić information content (AvgIpc) is 3.21. The molecule has 130 valence electrons. The Hall–Kier alpha value is -2.19. The van der Waals surface area contributed by atoms with E-state index in [2.05, 4.69) is 10.3 Å². The number of amides is 1. The highest BCUT2D eigenvalue weighted by atomic mass is 32.1. The van der Waals surface area contributed by atoms with E-state index < -0.39 is 11.7 Å². The third-order valence-electron chi connectivity index (χ3n) is 3.47. The van der Waals surface area contributed by atoms with E-state index in [1.54, 1.807) is 18.3 Å². The molecule has 0 aliphatic carbocycles. The van der Waals surface area contributed by atoms with Gasteiger partial charge in [0.05, 0.1) is 16.1 Å². The zero-order valence-electron chi connectivity index (χ0n) is 13.1. The lowest BCUT2D eigenvalue weighted by atomic mass is 10.1. The Labute approximate surface area is 150 Å². The smallest absolute Gasteiger partial charge is 0.347 e. The fourth-order valence-electron chi connectivity index (χ4n) is 2.19. The molecule has 25 heavy (non-hydrogen) atoms.